The fourth-order valence-corrected chi connectivity index (χ4v) is 6.80. The highest BCUT2D eigenvalue weighted by Crippen LogP contribution is 2.32. The van der Waals surface area contributed by atoms with Gasteiger partial charge < -0.3 is 15.3 Å². The molecule has 0 aliphatic carbocycles. The summed E-state index contributed by atoms with van der Waals surface area (Å²) in [5.74, 6) is -3.34. The van der Waals surface area contributed by atoms with E-state index in [1.165, 1.54) is 96.3 Å². The number of carboxylic acids is 3. The normalized spacial score (nSPS) is 15.3. The Hall–Kier alpha value is -1.89. The van der Waals surface area contributed by atoms with Crippen LogP contribution in [0.15, 0.2) is 12.2 Å². The summed E-state index contributed by atoms with van der Waals surface area (Å²) < 4.78 is -0.404. The van der Waals surface area contributed by atoms with Crippen LogP contribution in [0.4, 0.5) is 0 Å². The number of aliphatic carboxylic acids is 3. The van der Waals surface area contributed by atoms with E-state index in [0.29, 0.717) is 6.42 Å². The van der Waals surface area contributed by atoms with Crippen LogP contribution in [0, 0.1) is 0 Å². The standard InChI is InChI=1S/C35H65NO6/c1-5-9-10-11-12-13-14-15-16-17-18-19-20-21-22-23-24-25-26-27-28-29-36(30(6-2)33(37)38,31(7-3)34(39)40)32(8-4)35(41)42/h14-15,30-32H,5-13,16-29H2,1-4H3,(H2-,37,38,39,40,41,42)/p+1/b15-14+. The Labute approximate surface area is 257 Å². The third-order valence-electron chi connectivity index (χ3n) is 9.06. The molecule has 0 rings (SSSR count). The molecular weight excluding hydrogens is 530 g/mol. The molecule has 0 aromatic heterocycles. The number of rotatable bonds is 30. The zero-order chi connectivity index (χ0) is 31.6. The molecule has 0 aromatic rings. The molecule has 0 amide bonds. The van der Waals surface area contributed by atoms with E-state index >= 15 is 0 Å². The van der Waals surface area contributed by atoms with Crippen molar-refractivity contribution < 1.29 is 34.2 Å². The molecule has 0 fully saturated rings. The number of nitrogens with zero attached hydrogens (tertiary/aromatic N) is 1. The number of quaternary nitrogens is 1. The first kappa shape index (κ1) is 40.1. The lowest BCUT2D eigenvalue weighted by molar-refractivity contribution is -0.973. The summed E-state index contributed by atoms with van der Waals surface area (Å²) in [6, 6.07) is -3.18. The lowest BCUT2D eigenvalue weighted by Gasteiger charge is -2.49. The largest absolute Gasteiger partial charge is 0.477 e. The molecule has 42 heavy (non-hydrogen) atoms. The Kier molecular flexibility index (Phi) is 24.4. The minimum Gasteiger partial charge on any atom is -0.477 e. The van der Waals surface area contributed by atoms with Gasteiger partial charge in [0.2, 0.25) is 0 Å². The van der Waals surface area contributed by atoms with E-state index in [1.54, 1.807) is 20.8 Å². The first-order valence-corrected chi connectivity index (χ1v) is 17.4. The summed E-state index contributed by atoms with van der Waals surface area (Å²) in [7, 11) is 0. The maximum absolute atomic E-state index is 12.3. The van der Waals surface area contributed by atoms with Crippen LogP contribution < -0.4 is 0 Å². The highest BCUT2D eigenvalue weighted by molar-refractivity contribution is 5.78. The Balaban J connectivity index is 4.36. The smallest absolute Gasteiger partial charge is 0.362 e. The minimum absolute atomic E-state index is 0.194. The van der Waals surface area contributed by atoms with Gasteiger partial charge in [0.1, 0.15) is 0 Å². The van der Waals surface area contributed by atoms with Gasteiger partial charge in [-0.2, -0.15) is 0 Å². The van der Waals surface area contributed by atoms with Crippen molar-refractivity contribution in [3.8, 4) is 0 Å². The number of hydrogen-bond donors (Lipinski definition) is 3. The monoisotopic (exact) mass is 596 g/mol. The quantitative estimate of drug-likeness (QED) is 0.0433. The first-order chi connectivity index (χ1) is 20.2. The molecule has 3 unspecified atom stereocenters. The predicted molar refractivity (Wildman–Crippen MR) is 173 cm³/mol. The van der Waals surface area contributed by atoms with Crippen molar-refractivity contribution in [1.29, 1.82) is 0 Å². The molecule has 0 aliphatic heterocycles. The van der Waals surface area contributed by atoms with Gasteiger partial charge in [0.25, 0.3) is 0 Å². The number of hydrogen-bond acceptors (Lipinski definition) is 3. The van der Waals surface area contributed by atoms with E-state index in [0.717, 1.165) is 19.3 Å². The Morgan fingerprint density at radius 3 is 1.05 bits per heavy atom. The molecule has 3 atom stereocenters. The van der Waals surface area contributed by atoms with Crippen molar-refractivity contribution in [1.82, 2.24) is 0 Å². The molecule has 0 aliphatic rings. The predicted octanol–water partition coefficient (Wildman–Crippen LogP) is 9.38. The molecule has 0 saturated carbocycles. The molecule has 0 bridgehead atoms. The molecule has 7 nitrogen and oxygen atoms in total. The molecule has 0 aromatic carbocycles. The van der Waals surface area contributed by atoms with Gasteiger partial charge in [-0.3, -0.25) is 4.48 Å². The van der Waals surface area contributed by atoms with Crippen LogP contribution in [0.25, 0.3) is 0 Å². The molecule has 0 radical (unpaired) electrons. The van der Waals surface area contributed by atoms with E-state index in [4.69, 9.17) is 0 Å². The fourth-order valence-electron chi connectivity index (χ4n) is 6.80. The van der Waals surface area contributed by atoms with Crippen molar-refractivity contribution in [3.63, 3.8) is 0 Å². The van der Waals surface area contributed by atoms with E-state index in [9.17, 15) is 29.7 Å². The maximum Gasteiger partial charge on any atom is 0.362 e. The van der Waals surface area contributed by atoms with Gasteiger partial charge in [0, 0.05) is 19.3 Å². The van der Waals surface area contributed by atoms with Crippen molar-refractivity contribution in [2.75, 3.05) is 6.54 Å². The van der Waals surface area contributed by atoms with Crippen LogP contribution in [0.2, 0.25) is 0 Å². The van der Waals surface area contributed by atoms with Crippen LogP contribution in [0.5, 0.6) is 0 Å². The second-order valence-corrected chi connectivity index (χ2v) is 12.2. The van der Waals surface area contributed by atoms with Crippen molar-refractivity contribution >= 4 is 17.9 Å². The molecule has 0 saturated heterocycles. The fraction of sp³-hybridized carbons (Fsp3) is 0.857. The summed E-state index contributed by atoms with van der Waals surface area (Å²) in [6.45, 7) is 7.65. The Morgan fingerprint density at radius 2 is 0.762 bits per heavy atom. The third kappa shape index (κ3) is 15.5. The molecular formula is C35H66NO6+. The van der Waals surface area contributed by atoms with Crippen LogP contribution in [0.1, 0.15) is 169 Å². The van der Waals surface area contributed by atoms with E-state index < -0.39 is 40.5 Å². The van der Waals surface area contributed by atoms with E-state index in [2.05, 4.69) is 19.1 Å². The van der Waals surface area contributed by atoms with Crippen molar-refractivity contribution in [2.45, 2.75) is 187 Å². The summed E-state index contributed by atoms with van der Waals surface area (Å²) in [5.41, 5.74) is 0. The average molecular weight is 597 g/mol. The van der Waals surface area contributed by atoms with Gasteiger partial charge in [0.05, 0.1) is 6.54 Å². The van der Waals surface area contributed by atoms with Crippen LogP contribution in [-0.4, -0.2) is 62.4 Å². The maximum atomic E-state index is 12.3. The Bertz CT molecular complexity index is 682. The van der Waals surface area contributed by atoms with Crippen LogP contribution in [0.3, 0.4) is 0 Å². The van der Waals surface area contributed by atoms with Crippen LogP contribution in [-0.2, 0) is 14.4 Å². The molecule has 0 spiro atoms. The highest BCUT2D eigenvalue weighted by Gasteiger charge is 2.55. The lowest BCUT2D eigenvalue weighted by atomic mass is 9.93. The zero-order valence-electron chi connectivity index (χ0n) is 27.7. The van der Waals surface area contributed by atoms with Gasteiger partial charge in [-0.05, 0) is 38.5 Å². The van der Waals surface area contributed by atoms with Crippen molar-refractivity contribution in [2.24, 2.45) is 0 Å². The van der Waals surface area contributed by atoms with Gasteiger partial charge in [0.15, 0.2) is 18.1 Å². The minimum atomic E-state index is -1.11. The molecule has 0 heterocycles. The van der Waals surface area contributed by atoms with Crippen LogP contribution >= 0.6 is 0 Å². The topological polar surface area (TPSA) is 112 Å². The number of unbranched alkanes of at least 4 members (excludes halogenated alkanes) is 17. The summed E-state index contributed by atoms with van der Waals surface area (Å²) in [6.07, 6.45) is 28.4. The summed E-state index contributed by atoms with van der Waals surface area (Å²) >= 11 is 0. The second-order valence-electron chi connectivity index (χ2n) is 12.2. The second kappa shape index (κ2) is 25.6. The highest BCUT2D eigenvalue weighted by atomic mass is 16.4. The van der Waals surface area contributed by atoms with Crippen molar-refractivity contribution in [3.05, 3.63) is 12.2 Å². The number of allylic oxidation sites excluding steroid dienone is 2. The average Bonchev–Trinajstić information content (AvgIpc) is 2.94. The lowest BCUT2D eigenvalue weighted by Crippen LogP contribution is -2.72. The van der Waals surface area contributed by atoms with Gasteiger partial charge in [-0.15, -0.1) is 0 Å². The van der Waals surface area contributed by atoms with E-state index in [-0.39, 0.29) is 25.8 Å². The van der Waals surface area contributed by atoms with Gasteiger partial charge in [-0.1, -0.05) is 123 Å². The summed E-state index contributed by atoms with van der Waals surface area (Å²) in [4.78, 5) is 36.8. The molecule has 3 N–H and O–H groups in total. The Morgan fingerprint density at radius 1 is 0.476 bits per heavy atom. The SMILES string of the molecule is CCCCCCC/C=C/CCCCCCCCCCCCCC[N+](C(CC)C(=O)O)(C(CC)C(=O)O)C(CC)C(=O)O. The van der Waals surface area contributed by atoms with Gasteiger partial charge >= 0.3 is 17.9 Å². The van der Waals surface area contributed by atoms with E-state index in [1.807, 2.05) is 0 Å². The summed E-state index contributed by atoms with van der Waals surface area (Å²) in [5, 5.41) is 30.1. The molecule has 246 valence electrons. The number of carbonyl (C=O) groups is 3. The third-order valence-corrected chi connectivity index (χ3v) is 9.06. The first-order valence-electron chi connectivity index (χ1n) is 17.4. The number of carboxylic acid groups (broad SMARTS) is 3. The van der Waals surface area contributed by atoms with Gasteiger partial charge in [-0.25, -0.2) is 14.4 Å². The zero-order valence-corrected chi connectivity index (χ0v) is 27.7. The molecule has 7 heteroatoms.